The predicted molar refractivity (Wildman–Crippen MR) is 64.9 cm³/mol. The van der Waals surface area contributed by atoms with Crippen molar-refractivity contribution in [1.29, 1.82) is 0 Å². The molecule has 0 fully saturated rings. The molecule has 1 N–H and O–H groups in total. The quantitative estimate of drug-likeness (QED) is 0.845. The van der Waals surface area contributed by atoms with Crippen molar-refractivity contribution >= 4 is 0 Å². The number of aromatic nitrogens is 2. The Hall–Kier alpha value is -1.61. The fourth-order valence-electron chi connectivity index (χ4n) is 1.73. The van der Waals surface area contributed by atoms with Gasteiger partial charge in [-0.3, -0.25) is 4.68 Å². The van der Waals surface area contributed by atoms with E-state index in [1.54, 1.807) is 0 Å². The Labute approximate surface area is 96.1 Å². The first-order valence-corrected chi connectivity index (χ1v) is 5.49. The molecule has 0 radical (unpaired) electrons. The summed E-state index contributed by atoms with van der Waals surface area (Å²) >= 11 is 0. The first kappa shape index (κ1) is 10.9. The van der Waals surface area contributed by atoms with Gasteiger partial charge in [0.05, 0.1) is 5.69 Å². The fraction of sp³-hybridized carbons (Fsp3) is 0.308. The first-order chi connectivity index (χ1) is 7.75. The molecular weight excluding hydrogens is 198 g/mol. The SMILES string of the molecule is Cc1cccc(CNCc2ccnn2C)c1. The number of hydrogen-bond acceptors (Lipinski definition) is 2. The van der Waals surface area contributed by atoms with E-state index in [4.69, 9.17) is 0 Å². The van der Waals surface area contributed by atoms with Gasteiger partial charge in [-0.05, 0) is 18.6 Å². The molecule has 0 aliphatic rings. The summed E-state index contributed by atoms with van der Waals surface area (Å²) in [4.78, 5) is 0. The van der Waals surface area contributed by atoms with E-state index >= 15 is 0 Å². The molecule has 0 bridgehead atoms. The van der Waals surface area contributed by atoms with E-state index in [2.05, 4.69) is 41.6 Å². The van der Waals surface area contributed by atoms with Crippen molar-refractivity contribution in [3.05, 3.63) is 53.3 Å². The molecule has 0 saturated heterocycles. The Balaban J connectivity index is 1.87. The van der Waals surface area contributed by atoms with Gasteiger partial charge >= 0.3 is 0 Å². The van der Waals surface area contributed by atoms with Gasteiger partial charge in [0.25, 0.3) is 0 Å². The van der Waals surface area contributed by atoms with E-state index in [-0.39, 0.29) is 0 Å². The number of nitrogens with zero attached hydrogens (tertiary/aromatic N) is 2. The lowest BCUT2D eigenvalue weighted by Crippen LogP contribution is -2.15. The van der Waals surface area contributed by atoms with Crippen LogP contribution < -0.4 is 5.32 Å². The van der Waals surface area contributed by atoms with Crippen molar-refractivity contribution in [2.24, 2.45) is 7.05 Å². The van der Waals surface area contributed by atoms with Gasteiger partial charge in [0.2, 0.25) is 0 Å². The molecule has 0 aliphatic heterocycles. The van der Waals surface area contributed by atoms with Crippen LogP contribution in [-0.4, -0.2) is 9.78 Å². The lowest BCUT2D eigenvalue weighted by atomic mass is 10.1. The molecule has 1 aromatic heterocycles. The second-order valence-electron chi connectivity index (χ2n) is 4.04. The number of aryl methyl sites for hydroxylation is 2. The molecule has 3 nitrogen and oxygen atoms in total. The number of benzene rings is 1. The van der Waals surface area contributed by atoms with Crippen LogP contribution in [0.15, 0.2) is 36.5 Å². The summed E-state index contributed by atoms with van der Waals surface area (Å²) in [6.07, 6.45) is 1.82. The minimum atomic E-state index is 0.852. The molecule has 0 unspecified atom stereocenters. The lowest BCUT2D eigenvalue weighted by molar-refractivity contribution is 0.626. The summed E-state index contributed by atoms with van der Waals surface area (Å²) in [7, 11) is 1.96. The fourth-order valence-corrected chi connectivity index (χ4v) is 1.73. The molecular formula is C13H17N3. The standard InChI is InChI=1S/C13H17N3/c1-11-4-3-5-12(8-11)9-14-10-13-6-7-15-16(13)2/h3-8,14H,9-10H2,1-2H3. The second kappa shape index (κ2) is 4.94. The third kappa shape index (κ3) is 2.70. The Kier molecular flexibility index (Phi) is 3.37. The third-order valence-electron chi connectivity index (χ3n) is 2.64. The number of hydrogen-bond donors (Lipinski definition) is 1. The molecule has 84 valence electrons. The Morgan fingerprint density at radius 3 is 2.81 bits per heavy atom. The molecule has 1 heterocycles. The van der Waals surface area contributed by atoms with Gasteiger partial charge in [-0.25, -0.2) is 0 Å². The highest BCUT2D eigenvalue weighted by Gasteiger charge is 1.98. The van der Waals surface area contributed by atoms with Crippen molar-refractivity contribution in [2.45, 2.75) is 20.0 Å². The molecule has 16 heavy (non-hydrogen) atoms. The van der Waals surface area contributed by atoms with Gasteiger partial charge in [0.15, 0.2) is 0 Å². The van der Waals surface area contributed by atoms with Crippen LogP contribution in [0.4, 0.5) is 0 Å². The van der Waals surface area contributed by atoms with Gasteiger partial charge in [-0.15, -0.1) is 0 Å². The molecule has 0 saturated carbocycles. The molecule has 0 amide bonds. The van der Waals surface area contributed by atoms with Gasteiger partial charge in [0, 0.05) is 26.3 Å². The van der Waals surface area contributed by atoms with E-state index in [1.165, 1.54) is 16.8 Å². The van der Waals surface area contributed by atoms with Gasteiger partial charge in [-0.1, -0.05) is 29.8 Å². The van der Waals surface area contributed by atoms with Crippen LogP contribution >= 0.6 is 0 Å². The Morgan fingerprint density at radius 2 is 2.12 bits per heavy atom. The van der Waals surface area contributed by atoms with E-state index in [9.17, 15) is 0 Å². The zero-order valence-electron chi connectivity index (χ0n) is 9.77. The first-order valence-electron chi connectivity index (χ1n) is 5.49. The van der Waals surface area contributed by atoms with Crippen LogP contribution in [0.1, 0.15) is 16.8 Å². The smallest absolute Gasteiger partial charge is 0.0518 e. The maximum Gasteiger partial charge on any atom is 0.0518 e. The van der Waals surface area contributed by atoms with Crippen LogP contribution in [0.25, 0.3) is 0 Å². The van der Waals surface area contributed by atoms with Crippen molar-refractivity contribution in [3.8, 4) is 0 Å². The third-order valence-corrected chi connectivity index (χ3v) is 2.64. The van der Waals surface area contributed by atoms with E-state index < -0.39 is 0 Å². The van der Waals surface area contributed by atoms with Gasteiger partial charge in [0.1, 0.15) is 0 Å². The normalized spacial score (nSPS) is 10.6. The van der Waals surface area contributed by atoms with Crippen LogP contribution in [0.2, 0.25) is 0 Å². The summed E-state index contributed by atoms with van der Waals surface area (Å²) in [5.74, 6) is 0. The Morgan fingerprint density at radius 1 is 1.25 bits per heavy atom. The Bertz CT molecular complexity index is 460. The molecule has 2 aromatic rings. The predicted octanol–water partition coefficient (Wildman–Crippen LogP) is 2.02. The molecule has 0 atom stereocenters. The topological polar surface area (TPSA) is 29.9 Å². The van der Waals surface area contributed by atoms with E-state index in [1.807, 2.05) is 24.0 Å². The van der Waals surface area contributed by atoms with Crippen LogP contribution in [0.5, 0.6) is 0 Å². The van der Waals surface area contributed by atoms with Crippen molar-refractivity contribution < 1.29 is 0 Å². The largest absolute Gasteiger partial charge is 0.307 e. The van der Waals surface area contributed by atoms with Crippen molar-refractivity contribution in [1.82, 2.24) is 15.1 Å². The summed E-state index contributed by atoms with van der Waals surface area (Å²) in [6, 6.07) is 10.6. The molecule has 3 heteroatoms. The molecule has 0 aliphatic carbocycles. The maximum absolute atomic E-state index is 4.13. The average molecular weight is 215 g/mol. The monoisotopic (exact) mass is 215 g/mol. The zero-order valence-corrected chi connectivity index (χ0v) is 9.77. The van der Waals surface area contributed by atoms with Crippen LogP contribution in [0.3, 0.4) is 0 Å². The molecule has 0 spiro atoms. The average Bonchev–Trinajstić information content (AvgIpc) is 2.65. The van der Waals surface area contributed by atoms with E-state index in [0.717, 1.165) is 13.1 Å². The second-order valence-corrected chi connectivity index (χ2v) is 4.04. The summed E-state index contributed by atoms with van der Waals surface area (Å²) in [6.45, 7) is 3.86. The molecule has 2 rings (SSSR count). The van der Waals surface area contributed by atoms with Crippen molar-refractivity contribution in [3.63, 3.8) is 0 Å². The number of nitrogens with one attached hydrogen (secondary N) is 1. The van der Waals surface area contributed by atoms with Gasteiger partial charge in [-0.2, -0.15) is 5.10 Å². The number of rotatable bonds is 4. The summed E-state index contributed by atoms with van der Waals surface area (Å²) < 4.78 is 1.89. The minimum Gasteiger partial charge on any atom is -0.307 e. The highest BCUT2D eigenvalue weighted by atomic mass is 15.3. The summed E-state index contributed by atoms with van der Waals surface area (Å²) in [5.41, 5.74) is 3.83. The van der Waals surface area contributed by atoms with Crippen LogP contribution in [0, 0.1) is 6.92 Å². The highest BCUT2D eigenvalue weighted by molar-refractivity contribution is 5.22. The molecule has 1 aromatic carbocycles. The summed E-state index contributed by atoms with van der Waals surface area (Å²) in [5, 5.41) is 7.54. The maximum atomic E-state index is 4.13. The van der Waals surface area contributed by atoms with Crippen molar-refractivity contribution in [2.75, 3.05) is 0 Å². The van der Waals surface area contributed by atoms with Gasteiger partial charge < -0.3 is 5.32 Å². The highest BCUT2D eigenvalue weighted by Crippen LogP contribution is 2.04. The lowest BCUT2D eigenvalue weighted by Gasteiger charge is -2.06. The van der Waals surface area contributed by atoms with E-state index in [0.29, 0.717) is 0 Å². The minimum absolute atomic E-state index is 0.852. The van der Waals surface area contributed by atoms with Crippen LogP contribution in [-0.2, 0) is 20.1 Å². The zero-order chi connectivity index (χ0) is 11.4.